The highest BCUT2D eigenvalue weighted by Gasteiger charge is 2.48. The van der Waals surface area contributed by atoms with E-state index in [0.717, 1.165) is 25.1 Å². The van der Waals surface area contributed by atoms with Crippen LogP contribution >= 0.6 is 11.6 Å². The summed E-state index contributed by atoms with van der Waals surface area (Å²) in [7, 11) is 0. The normalized spacial score (nSPS) is 27.0. The molecule has 0 amide bonds. The van der Waals surface area contributed by atoms with Gasteiger partial charge in [0, 0.05) is 12.5 Å². The van der Waals surface area contributed by atoms with Gasteiger partial charge in [0.25, 0.3) is 0 Å². The van der Waals surface area contributed by atoms with E-state index in [4.69, 9.17) is 36.9 Å². The largest absolute Gasteiger partial charge is 0.465 e. The summed E-state index contributed by atoms with van der Waals surface area (Å²) in [6.07, 6.45) is 4.39. The van der Waals surface area contributed by atoms with Crippen LogP contribution in [0.25, 0.3) is 0 Å². The van der Waals surface area contributed by atoms with Crippen LogP contribution in [0.15, 0.2) is 54.3 Å². The Balaban J connectivity index is 1.44. The van der Waals surface area contributed by atoms with Crippen molar-refractivity contribution in [2.75, 3.05) is 6.54 Å². The molecule has 0 aliphatic carbocycles. The minimum Gasteiger partial charge on any atom is -0.465 e. The summed E-state index contributed by atoms with van der Waals surface area (Å²) in [6, 6.07) is 7.63. The summed E-state index contributed by atoms with van der Waals surface area (Å²) in [5, 5.41) is 1.94. The van der Waals surface area contributed by atoms with Crippen LogP contribution in [0.3, 0.4) is 0 Å². The van der Waals surface area contributed by atoms with Crippen molar-refractivity contribution in [1.29, 1.82) is 0 Å². The Morgan fingerprint density at radius 3 is 2.93 bits per heavy atom. The van der Waals surface area contributed by atoms with E-state index in [-0.39, 0.29) is 18.0 Å². The molecule has 5 heterocycles. The predicted molar refractivity (Wildman–Crippen MR) is 108 cm³/mol. The zero-order valence-electron chi connectivity index (χ0n) is 15.6. The van der Waals surface area contributed by atoms with Gasteiger partial charge in [-0.3, -0.25) is 4.90 Å². The van der Waals surface area contributed by atoms with Gasteiger partial charge in [0.1, 0.15) is 11.5 Å². The monoisotopic (exact) mass is 416 g/mol. The van der Waals surface area contributed by atoms with Gasteiger partial charge < -0.3 is 20.3 Å². The van der Waals surface area contributed by atoms with E-state index >= 15 is 0 Å². The summed E-state index contributed by atoms with van der Waals surface area (Å²) >= 11 is 5.93. The van der Waals surface area contributed by atoms with Crippen molar-refractivity contribution in [3.05, 3.63) is 47.3 Å². The summed E-state index contributed by atoms with van der Waals surface area (Å²) < 4.78 is 11.3. The SMILES string of the molecule is NC1=NC2=NC(CC3CCCN3Cc3ccc(Cl)o3)(c3ccco3)NN2C(N)=N1. The first-order valence-electron chi connectivity index (χ1n) is 9.41. The molecule has 0 bridgehead atoms. The van der Waals surface area contributed by atoms with Crippen LogP contribution < -0.4 is 16.9 Å². The van der Waals surface area contributed by atoms with Crippen LogP contribution in [0.5, 0.6) is 0 Å². The Bertz CT molecular complexity index is 997. The number of hydrazine groups is 1. The van der Waals surface area contributed by atoms with E-state index in [1.807, 2.05) is 18.2 Å². The maximum absolute atomic E-state index is 6.03. The molecule has 1 fully saturated rings. The van der Waals surface area contributed by atoms with Crippen LogP contribution in [0, 0.1) is 0 Å². The third kappa shape index (κ3) is 3.28. The molecule has 11 heteroatoms. The molecule has 2 aromatic heterocycles. The molecule has 2 aromatic rings. The van der Waals surface area contributed by atoms with E-state index in [1.54, 1.807) is 17.3 Å². The number of halogens is 1. The number of nitrogens with zero attached hydrogens (tertiary/aromatic N) is 5. The van der Waals surface area contributed by atoms with E-state index in [1.165, 1.54) is 0 Å². The average Bonchev–Trinajstić information content (AvgIpc) is 3.44. The minimum absolute atomic E-state index is 0.0757. The van der Waals surface area contributed by atoms with Crippen LogP contribution in [0.1, 0.15) is 30.8 Å². The van der Waals surface area contributed by atoms with Gasteiger partial charge in [-0.2, -0.15) is 15.4 Å². The van der Waals surface area contributed by atoms with Crippen molar-refractivity contribution in [1.82, 2.24) is 15.3 Å². The lowest BCUT2D eigenvalue weighted by atomic mass is 9.97. The van der Waals surface area contributed by atoms with Crippen molar-refractivity contribution >= 4 is 29.5 Å². The number of likely N-dealkylation sites (tertiary alicyclic amines) is 1. The maximum atomic E-state index is 6.03. The molecule has 3 aliphatic rings. The molecule has 0 radical (unpaired) electrons. The smallest absolute Gasteiger partial charge is 0.248 e. The fraction of sp³-hybridized carbons (Fsp3) is 0.389. The molecule has 152 valence electrons. The Morgan fingerprint density at radius 2 is 2.17 bits per heavy atom. The number of aliphatic imine (C=N–C) groups is 3. The zero-order chi connectivity index (χ0) is 20.0. The van der Waals surface area contributed by atoms with Crippen LogP contribution in [0.2, 0.25) is 5.22 Å². The maximum Gasteiger partial charge on any atom is 0.248 e. The highest BCUT2D eigenvalue weighted by Crippen LogP contribution is 2.38. The highest BCUT2D eigenvalue weighted by molar-refractivity contribution is 6.28. The van der Waals surface area contributed by atoms with Gasteiger partial charge in [0.15, 0.2) is 10.9 Å². The second-order valence-corrected chi connectivity index (χ2v) is 7.69. The van der Waals surface area contributed by atoms with Gasteiger partial charge in [-0.25, -0.2) is 10.0 Å². The number of hydrogen-bond acceptors (Lipinski definition) is 10. The summed E-state index contributed by atoms with van der Waals surface area (Å²) in [5.74, 6) is 2.15. The minimum atomic E-state index is -0.860. The molecular formula is C18H21ClN8O2. The van der Waals surface area contributed by atoms with Gasteiger partial charge in [-0.1, -0.05) is 0 Å². The number of nitrogens with two attached hydrogens (primary N) is 2. The molecule has 2 unspecified atom stereocenters. The van der Waals surface area contributed by atoms with Crippen molar-refractivity contribution < 1.29 is 8.83 Å². The zero-order valence-corrected chi connectivity index (χ0v) is 16.3. The Labute approximate surface area is 171 Å². The first-order valence-corrected chi connectivity index (χ1v) is 9.79. The third-order valence-corrected chi connectivity index (χ3v) is 5.61. The molecule has 1 saturated heterocycles. The molecule has 2 atom stereocenters. The lowest BCUT2D eigenvalue weighted by Crippen LogP contribution is -2.55. The fourth-order valence-corrected chi connectivity index (χ4v) is 4.30. The van der Waals surface area contributed by atoms with Gasteiger partial charge in [-0.15, -0.1) is 0 Å². The molecule has 29 heavy (non-hydrogen) atoms. The Kier molecular flexibility index (Phi) is 4.34. The van der Waals surface area contributed by atoms with Crippen LogP contribution in [0.4, 0.5) is 0 Å². The van der Waals surface area contributed by atoms with Gasteiger partial charge in [0.05, 0.1) is 12.8 Å². The Morgan fingerprint density at radius 1 is 1.28 bits per heavy atom. The molecule has 0 spiro atoms. The molecule has 3 aliphatic heterocycles. The first-order chi connectivity index (χ1) is 14.0. The van der Waals surface area contributed by atoms with E-state index in [9.17, 15) is 0 Å². The van der Waals surface area contributed by atoms with Crippen molar-refractivity contribution in [2.24, 2.45) is 26.4 Å². The molecule has 5 rings (SSSR count). The first kappa shape index (κ1) is 18.2. The van der Waals surface area contributed by atoms with E-state index < -0.39 is 5.66 Å². The van der Waals surface area contributed by atoms with E-state index in [2.05, 4.69) is 20.3 Å². The van der Waals surface area contributed by atoms with Gasteiger partial charge in [0.2, 0.25) is 17.9 Å². The number of furan rings is 2. The molecule has 0 aromatic carbocycles. The number of nitrogens with one attached hydrogen (secondary N) is 1. The Hall–Kier alpha value is -2.82. The van der Waals surface area contributed by atoms with Crippen LogP contribution in [-0.2, 0) is 12.2 Å². The van der Waals surface area contributed by atoms with Gasteiger partial charge >= 0.3 is 0 Å². The summed E-state index contributed by atoms with van der Waals surface area (Å²) in [6.45, 7) is 1.65. The standard InChI is InChI=1S/C18H21ClN8O2/c19-14-6-5-12(29-14)10-26-7-1-3-11(26)9-18(13-4-2-8-28-13)24-17-23-15(20)22-16(21)27(17)25-18/h2,4-6,8,11,25H,1,3,7,9-10H2,(H4,20,21,22,23,24). The van der Waals surface area contributed by atoms with Crippen LogP contribution in [-0.4, -0.2) is 40.4 Å². The number of rotatable bonds is 5. The molecule has 0 saturated carbocycles. The van der Waals surface area contributed by atoms with E-state index in [0.29, 0.717) is 29.9 Å². The van der Waals surface area contributed by atoms with Crippen molar-refractivity contribution in [3.8, 4) is 0 Å². The van der Waals surface area contributed by atoms with Crippen molar-refractivity contribution in [2.45, 2.75) is 37.5 Å². The predicted octanol–water partition coefficient (Wildman–Crippen LogP) is 1.55. The quantitative estimate of drug-likeness (QED) is 0.673. The second-order valence-electron chi connectivity index (χ2n) is 7.31. The fourth-order valence-electron chi connectivity index (χ4n) is 4.14. The molecule has 5 N–H and O–H groups in total. The number of fused-ring (bicyclic) bond motifs is 1. The topological polar surface area (TPSA) is 134 Å². The average molecular weight is 417 g/mol. The third-order valence-electron chi connectivity index (χ3n) is 5.41. The lowest BCUT2D eigenvalue weighted by Gasteiger charge is -2.32. The molecular weight excluding hydrogens is 396 g/mol. The summed E-state index contributed by atoms with van der Waals surface area (Å²) in [4.78, 5) is 15.4. The van der Waals surface area contributed by atoms with Crippen molar-refractivity contribution in [3.63, 3.8) is 0 Å². The molecule has 10 nitrogen and oxygen atoms in total. The van der Waals surface area contributed by atoms with Gasteiger partial charge in [-0.05, 0) is 55.3 Å². The second kappa shape index (κ2) is 6.90. The number of hydrogen-bond donors (Lipinski definition) is 3. The highest BCUT2D eigenvalue weighted by atomic mass is 35.5. The summed E-state index contributed by atoms with van der Waals surface area (Å²) in [5.41, 5.74) is 14.3. The number of guanidine groups is 3. The lowest BCUT2D eigenvalue weighted by molar-refractivity contribution is 0.141.